The number of carbonyl (C=O) groups excluding carboxylic acids is 1. The van der Waals surface area contributed by atoms with Gasteiger partial charge in [0.05, 0.1) is 0 Å². The van der Waals surface area contributed by atoms with Gasteiger partial charge in [-0.25, -0.2) is 8.42 Å². The highest BCUT2D eigenvalue weighted by atomic mass is 32.2. The maximum atomic E-state index is 11.9. The van der Waals surface area contributed by atoms with Crippen LogP contribution in [0.5, 0.6) is 0 Å². The van der Waals surface area contributed by atoms with E-state index >= 15 is 0 Å². The highest BCUT2D eigenvalue weighted by Crippen LogP contribution is 2.34. The van der Waals surface area contributed by atoms with Gasteiger partial charge in [-0.2, -0.15) is 0 Å². The number of rotatable bonds is 4. The lowest BCUT2D eigenvalue weighted by atomic mass is 10.0. The van der Waals surface area contributed by atoms with Gasteiger partial charge in [-0.05, 0) is 0 Å². The Labute approximate surface area is 119 Å². The summed E-state index contributed by atoms with van der Waals surface area (Å²) >= 11 is 0. The smallest absolute Gasteiger partial charge is 0.304 e. The van der Waals surface area contributed by atoms with Crippen LogP contribution in [0.3, 0.4) is 0 Å². The normalized spacial score (nSPS) is 11.3. The average molecular weight is 290 g/mol. The number of hydrogen-bond donors (Lipinski definition) is 1. The van der Waals surface area contributed by atoms with Gasteiger partial charge in [0.1, 0.15) is 0 Å². The first kappa shape index (κ1) is 14.3. The van der Waals surface area contributed by atoms with Gasteiger partial charge in [0, 0.05) is 18.1 Å². The molecule has 0 saturated heterocycles. The second-order valence-corrected chi connectivity index (χ2v) is 5.37. The van der Waals surface area contributed by atoms with Crippen molar-refractivity contribution >= 4 is 16.7 Å². The molecule has 4 nitrogen and oxygen atoms in total. The second-order valence-electron chi connectivity index (χ2n) is 4.23. The fraction of sp³-hybridized carbons (Fsp3) is 0.133. The van der Waals surface area contributed by atoms with Crippen molar-refractivity contribution in [1.29, 1.82) is 0 Å². The van der Waals surface area contributed by atoms with Crippen molar-refractivity contribution in [1.82, 2.24) is 0 Å². The molecular formula is C15H14O4S. The summed E-state index contributed by atoms with van der Waals surface area (Å²) in [5.74, 6) is -0.656. The minimum Gasteiger partial charge on any atom is -0.434 e. The van der Waals surface area contributed by atoms with Gasteiger partial charge in [0.15, 0.2) is 10.7 Å². The molecule has 0 radical (unpaired) electrons. The molecule has 0 fully saturated rings. The number of thiol groups is 1. The van der Waals surface area contributed by atoms with E-state index in [-0.39, 0.29) is 0 Å². The summed E-state index contributed by atoms with van der Waals surface area (Å²) in [6.07, 6.45) is 0. The third-order valence-electron chi connectivity index (χ3n) is 2.88. The van der Waals surface area contributed by atoms with E-state index in [1.165, 1.54) is 6.92 Å². The molecule has 20 heavy (non-hydrogen) atoms. The molecule has 104 valence electrons. The summed E-state index contributed by atoms with van der Waals surface area (Å²) in [5, 5.41) is 0. The largest absolute Gasteiger partial charge is 0.434 e. The minimum absolute atomic E-state index is 0.400. The van der Waals surface area contributed by atoms with Crippen molar-refractivity contribution in [3.63, 3.8) is 0 Å². The summed E-state index contributed by atoms with van der Waals surface area (Å²) in [7, 11) is -3.08. The molecule has 0 aliphatic carbocycles. The van der Waals surface area contributed by atoms with Crippen LogP contribution in [0.15, 0.2) is 60.7 Å². The molecule has 0 saturated carbocycles. The number of carbonyl (C=O) groups is 1. The zero-order valence-corrected chi connectivity index (χ0v) is 11.7. The SMILES string of the molecule is CC(=O)OC(c1ccccc1)(c1ccccc1)[SH](=O)=O. The molecule has 0 N–H and O–H groups in total. The third kappa shape index (κ3) is 2.58. The van der Waals surface area contributed by atoms with Crippen molar-refractivity contribution < 1.29 is 17.9 Å². The van der Waals surface area contributed by atoms with Crippen LogP contribution in [0.1, 0.15) is 18.1 Å². The van der Waals surface area contributed by atoms with Crippen molar-refractivity contribution in [2.24, 2.45) is 0 Å². The molecule has 0 unspecified atom stereocenters. The molecule has 5 heteroatoms. The van der Waals surface area contributed by atoms with E-state index in [9.17, 15) is 13.2 Å². The molecule has 0 aliphatic rings. The Morgan fingerprint density at radius 1 is 0.900 bits per heavy atom. The number of benzene rings is 2. The lowest BCUT2D eigenvalue weighted by molar-refractivity contribution is -0.147. The second kappa shape index (κ2) is 5.88. The average Bonchev–Trinajstić information content (AvgIpc) is 2.46. The highest BCUT2D eigenvalue weighted by molar-refractivity contribution is 7.73. The monoisotopic (exact) mass is 290 g/mol. The summed E-state index contributed by atoms with van der Waals surface area (Å²) < 4.78 is 29.1. The van der Waals surface area contributed by atoms with Gasteiger partial charge in [0.2, 0.25) is 0 Å². The summed E-state index contributed by atoms with van der Waals surface area (Å²) in [6.45, 7) is 1.19. The topological polar surface area (TPSA) is 60.4 Å². The third-order valence-corrected chi connectivity index (χ3v) is 4.00. The van der Waals surface area contributed by atoms with Gasteiger partial charge in [-0.3, -0.25) is 4.79 Å². The summed E-state index contributed by atoms with van der Waals surface area (Å²) in [5.41, 5.74) is 0.801. The Balaban J connectivity index is 2.73. The zero-order valence-electron chi connectivity index (χ0n) is 10.9. The molecule has 2 rings (SSSR count). The maximum Gasteiger partial charge on any atom is 0.304 e. The van der Waals surface area contributed by atoms with Gasteiger partial charge in [0.25, 0.3) is 4.93 Å². The lowest BCUT2D eigenvalue weighted by Crippen LogP contribution is -2.34. The molecule has 0 atom stereocenters. The van der Waals surface area contributed by atoms with E-state index in [0.717, 1.165) is 0 Å². The number of esters is 1. The molecular weight excluding hydrogens is 276 g/mol. The van der Waals surface area contributed by atoms with Crippen LogP contribution in [0, 0.1) is 0 Å². The Morgan fingerprint density at radius 2 is 1.30 bits per heavy atom. The van der Waals surface area contributed by atoms with Crippen LogP contribution in [-0.4, -0.2) is 14.4 Å². The predicted molar refractivity (Wildman–Crippen MR) is 75.7 cm³/mol. The first-order chi connectivity index (χ1) is 9.57. The van der Waals surface area contributed by atoms with Crippen molar-refractivity contribution in [2.75, 3.05) is 0 Å². The first-order valence-electron chi connectivity index (χ1n) is 6.02. The van der Waals surface area contributed by atoms with E-state index in [1.807, 2.05) is 0 Å². The molecule has 0 aliphatic heterocycles. The van der Waals surface area contributed by atoms with E-state index in [2.05, 4.69) is 0 Å². The minimum atomic E-state index is -3.08. The number of hydrogen-bond acceptors (Lipinski definition) is 4. The maximum absolute atomic E-state index is 11.9. The van der Waals surface area contributed by atoms with Crippen molar-refractivity contribution in [2.45, 2.75) is 11.9 Å². The van der Waals surface area contributed by atoms with Gasteiger partial charge >= 0.3 is 5.97 Å². The molecule has 0 bridgehead atoms. The Morgan fingerprint density at radius 3 is 1.60 bits per heavy atom. The van der Waals surface area contributed by atoms with Crippen LogP contribution in [0.25, 0.3) is 0 Å². The molecule has 2 aromatic rings. The first-order valence-corrected chi connectivity index (χ1v) is 7.20. The standard InChI is InChI=1S/C15H14O4S/c1-12(16)19-15(20(17)18,13-8-4-2-5-9-13)14-10-6-3-7-11-14/h2-11,20H,1H3. The van der Waals surface area contributed by atoms with Crippen molar-refractivity contribution in [3.8, 4) is 0 Å². The predicted octanol–water partition coefficient (Wildman–Crippen LogP) is 2.06. The fourth-order valence-electron chi connectivity index (χ4n) is 2.07. The Kier molecular flexibility index (Phi) is 4.20. The van der Waals surface area contributed by atoms with Gasteiger partial charge in [-0.1, -0.05) is 60.7 Å². The summed E-state index contributed by atoms with van der Waals surface area (Å²) in [6, 6.07) is 16.9. The van der Waals surface area contributed by atoms with E-state index in [4.69, 9.17) is 4.74 Å². The van der Waals surface area contributed by atoms with Gasteiger partial charge < -0.3 is 4.74 Å². The van der Waals surface area contributed by atoms with Crippen LogP contribution < -0.4 is 0 Å². The van der Waals surface area contributed by atoms with E-state index < -0.39 is 21.6 Å². The quantitative estimate of drug-likeness (QED) is 0.691. The molecule has 0 spiro atoms. The van der Waals surface area contributed by atoms with Crippen LogP contribution in [0.2, 0.25) is 0 Å². The van der Waals surface area contributed by atoms with Gasteiger partial charge in [-0.15, -0.1) is 0 Å². The molecule has 2 aromatic carbocycles. The van der Waals surface area contributed by atoms with E-state index in [0.29, 0.717) is 11.1 Å². The van der Waals surface area contributed by atoms with E-state index in [1.54, 1.807) is 60.7 Å². The lowest BCUT2D eigenvalue weighted by Gasteiger charge is -2.28. The highest BCUT2D eigenvalue weighted by Gasteiger charge is 2.41. The molecule has 0 heterocycles. The Bertz CT molecular complexity index is 615. The van der Waals surface area contributed by atoms with Crippen molar-refractivity contribution in [3.05, 3.63) is 71.8 Å². The summed E-state index contributed by atoms with van der Waals surface area (Å²) in [4.78, 5) is 9.63. The molecule has 0 aromatic heterocycles. The molecule has 0 amide bonds. The zero-order chi connectivity index (χ0) is 14.6. The fourth-order valence-corrected chi connectivity index (χ4v) is 2.99. The van der Waals surface area contributed by atoms with Crippen LogP contribution in [0.4, 0.5) is 0 Å². The van der Waals surface area contributed by atoms with Crippen LogP contribution >= 0.6 is 0 Å². The number of ether oxygens (including phenoxy) is 1. The Hall–Kier alpha value is -2.14. The van der Waals surface area contributed by atoms with Crippen LogP contribution in [-0.2, 0) is 25.2 Å².